The number of nitrogens with zero attached hydrogens (tertiary/aromatic N) is 1. The van der Waals surface area contributed by atoms with Gasteiger partial charge in [0.25, 0.3) is 0 Å². The van der Waals surface area contributed by atoms with Crippen LogP contribution in [0.3, 0.4) is 0 Å². The van der Waals surface area contributed by atoms with Crippen molar-refractivity contribution < 1.29 is 24.2 Å². The Kier molecular flexibility index (Phi) is 12.3. The minimum Gasteiger partial charge on any atom is -0.480 e. The summed E-state index contributed by atoms with van der Waals surface area (Å²) < 4.78 is 5.25. The molecule has 184 valence electrons. The Bertz CT molecular complexity index is 776. The third kappa shape index (κ3) is 8.98. The Hall–Kier alpha value is -2.10. The maximum absolute atomic E-state index is 13.3. The molecule has 0 fully saturated rings. The summed E-state index contributed by atoms with van der Waals surface area (Å²) in [5.41, 5.74) is 6.11. The number of carboxylic acid groups (broad SMARTS) is 1. The van der Waals surface area contributed by atoms with Gasteiger partial charge in [0, 0.05) is 10.6 Å². The van der Waals surface area contributed by atoms with Gasteiger partial charge >= 0.3 is 11.9 Å². The second-order valence-electron chi connectivity index (χ2n) is 8.17. The number of carbonyl (C=O) groups excluding carboxylic acids is 2. The number of rotatable bonds is 15. The fourth-order valence-corrected chi connectivity index (χ4v) is 4.99. The molecule has 1 heterocycles. The Labute approximate surface area is 200 Å². The summed E-state index contributed by atoms with van der Waals surface area (Å²) in [5.74, 6) is -1.39. The number of hydrogen-bond acceptors (Lipinski definition) is 7. The molecule has 1 aliphatic rings. The van der Waals surface area contributed by atoms with E-state index in [4.69, 9.17) is 10.5 Å². The molecule has 0 aromatic heterocycles. The van der Waals surface area contributed by atoms with E-state index >= 15 is 0 Å². The van der Waals surface area contributed by atoms with Gasteiger partial charge in [-0.2, -0.15) is 0 Å². The van der Waals surface area contributed by atoms with Crippen molar-refractivity contribution in [1.29, 1.82) is 0 Å². The van der Waals surface area contributed by atoms with Crippen molar-refractivity contribution in [1.82, 2.24) is 5.32 Å². The van der Waals surface area contributed by atoms with E-state index in [0.717, 1.165) is 50.0 Å². The second kappa shape index (κ2) is 14.9. The fraction of sp³-hybridized carbons (Fsp3) is 0.625. The molecule has 8 nitrogen and oxygen atoms in total. The first-order valence-electron chi connectivity index (χ1n) is 11.9. The average Bonchev–Trinajstić information content (AvgIpc) is 2.92. The van der Waals surface area contributed by atoms with Crippen LogP contribution in [0.4, 0.5) is 5.69 Å². The normalized spacial score (nSPS) is 16.7. The zero-order valence-corrected chi connectivity index (χ0v) is 20.3. The first-order chi connectivity index (χ1) is 16.0. The predicted octanol–water partition coefficient (Wildman–Crippen LogP) is 3.18. The van der Waals surface area contributed by atoms with Crippen molar-refractivity contribution in [2.45, 2.75) is 75.3 Å². The van der Waals surface area contributed by atoms with Gasteiger partial charge in [0.1, 0.15) is 12.6 Å². The zero-order valence-electron chi connectivity index (χ0n) is 19.5. The van der Waals surface area contributed by atoms with Crippen LogP contribution in [0.15, 0.2) is 29.2 Å². The van der Waals surface area contributed by atoms with Gasteiger partial charge in [-0.25, -0.2) is 0 Å². The number of anilines is 1. The number of benzene rings is 1. The maximum atomic E-state index is 13.3. The molecule has 0 saturated heterocycles. The number of nitrogens with two attached hydrogens (primary N) is 1. The summed E-state index contributed by atoms with van der Waals surface area (Å²) in [4.78, 5) is 39.5. The Balaban J connectivity index is 2.01. The largest absolute Gasteiger partial charge is 0.480 e. The standard InChI is InChI=1S/C24H37N3O5S/c1-2-32-24(31)18(12-8-6-4-3-5-7-11-15-25)26-19-17-33-21-14-10-9-13-20(21)27(23(19)30)16-22(28)29/h9-10,13-14,18-19,26H,2-8,11-12,15-17,25H2,1H3,(H,28,29)/t18-,19?/m1/s1. The first kappa shape index (κ1) is 27.1. The van der Waals surface area contributed by atoms with E-state index in [2.05, 4.69) is 5.32 Å². The highest BCUT2D eigenvalue weighted by Gasteiger charge is 2.34. The van der Waals surface area contributed by atoms with Crippen LogP contribution >= 0.6 is 11.8 Å². The second-order valence-corrected chi connectivity index (χ2v) is 9.23. The van der Waals surface area contributed by atoms with Gasteiger partial charge in [-0.3, -0.25) is 24.6 Å². The number of ether oxygens (including phenoxy) is 1. The lowest BCUT2D eigenvalue weighted by molar-refractivity contribution is -0.146. The molecule has 4 N–H and O–H groups in total. The van der Waals surface area contributed by atoms with Crippen molar-refractivity contribution in [2.24, 2.45) is 5.73 Å². The quantitative estimate of drug-likeness (QED) is 0.259. The monoisotopic (exact) mass is 479 g/mol. The van der Waals surface area contributed by atoms with Crippen LogP contribution in [0.5, 0.6) is 0 Å². The topological polar surface area (TPSA) is 122 Å². The minimum atomic E-state index is -1.09. The fourth-order valence-electron chi connectivity index (χ4n) is 3.90. The van der Waals surface area contributed by atoms with Crippen LogP contribution in [0, 0.1) is 0 Å². The van der Waals surface area contributed by atoms with Crippen LogP contribution in [0.25, 0.3) is 0 Å². The summed E-state index contributed by atoms with van der Waals surface area (Å²) in [6, 6.07) is 5.98. The highest BCUT2D eigenvalue weighted by atomic mass is 32.2. The molecule has 0 aliphatic carbocycles. The molecule has 1 amide bonds. The van der Waals surface area contributed by atoms with E-state index in [1.807, 2.05) is 12.1 Å². The van der Waals surface area contributed by atoms with Crippen LogP contribution in [-0.2, 0) is 19.1 Å². The SMILES string of the molecule is CCOC(=O)[C@@H](CCCCCCCCCN)NC1CSc2ccccc2N(CC(=O)O)C1=O. The Morgan fingerprint density at radius 1 is 1.18 bits per heavy atom. The lowest BCUT2D eigenvalue weighted by atomic mass is 10.0. The van der Waals surface area contributed by atoms with Crippen molar-refractivity contribution >= 4 is 35.3 Å². The van der Waals surface area contributed by atoms with E-state index in [1.54, 1.807) is 19.1 Å². The molecule has 33 heavy (non-hydrogen) atoms. The summed E-state index contributed by atoms with van der Waals surface area (Å²) in [6.45, 7) is 2.33. The number of unbranched alkanes of at least 4 members (excludes halogenated alkanes) is 6. The molecule has 2 atom stereocenters. The van der Waals surface area contributed by atoms with E-state index in [-0.39, 0.29) is 18.5 Å². The van der Waals surface area contributed by atoms with Crippen molar-refractivity contribution in [3.05, 3.63) is 24.3 Å². The number of amides is 1. The van der Waals surface area contributed by atoms with Gasteiger partial charge in [0.15, 0.2) is 0 Å². The number of esters is 1. The van der Waals surface area contributed by atoms with Crippen molar-refractivity contribution in [3.63, 3.8) is 0 Å². The van der Waals surface area contributed by atoms with Crippen LogP contribution in [0.1, 0.15) is 58.3 Å². The molecule has 0 saturated carbocycles. The van der Waals surface area contributed by atoms with Crippen molar-refractivity contribution in [3.8, 4) is 0 Å². The summed E-state index contributed by atoms with van der Waals surface area (Å²) in [7, 11) is 0. The van der Waals surface area contributed by atoms with Crippen LogP contribution in [-0.4, -0.2) is 60.5 Å². The molecule has 0 bridgehead atoms. The highest BCUT2D eigenvalue weighted by molar-refractivity contribution is 7.99. The van der Waals surface area contributed by atoms with E-state index in [9.17, 15) is 19.5 Å². The minimum absolute atomic E-state index is 0.266. The first-order valence-corrected chi connectivity index (χ1v) is 12.8. The van der Waals surface area contributed by atoms with Gasteiger partial charge in [-0.1, -0.05) is 50.7 Å². The van der Waals surface area contributed by atoms with E-state index in [1.165, 1.54) is 23.1 Å². The van der Waals surface area contributed by atoms with E-state index < -0.39 is 24.6 Å². The Morgan fingerprint density at radius 3 is 2.52 bits per heavy atom. The summed E-state index contributed by atoms with van der Waals surface area (Å²) >= 11 is 1.48. The number of hydrogen-bond donors (Lipinski definition) is 3. The van der Waals surface area contributed by atoms with Gasteiger partial charge < -0.3 is 15.6 Å². The number of nitrogens with one attached hydrogen (secondary N) is 1. The molecule has 1 unspecified atom stereocenters. The summed E-state index contributed by atoms with van der Waals surface area (Å²) in [5, 5.41) is 12.6. The Morgan fingerprint density at radius 2 is 1.85 bits per heavy atom. The zero-order chi connectivity index (χ0) is 24.1. The van der Waals surface area contributed by atoms with Crippen molar-refractivity contribution in [2.75, 3.05) is 30.3 Å². The number of thioether (sulfide) groups is 1. The lowest BCUT2D eigenvalue weighted by Crippen LogP contribution is -2.54. The molecule has 2 rings (SSSR count). The molecular formula is C24H37N3O5S. The summed E-state index contributed by atoms with van der Waals surface area (Å²) in [6.07, 6.45) is 8.06. The van der Waals surface area contributed by atoms with Crippen LogP contribution < -0.4 is 16.0 Å². The van der Waals surface area contributed by atoms with Gasteiger partial charge in [0.05, 0.1) is 18.3 Å². The molecule has 0 spiro atoms. The molecule has 1 aromatic carbocycles. The van der Waals surface area contributed by atoms with Gasteiger partial charge in [0.2, 0.25) is 5.91 Å². The third-order valence-electron chi connectivity index (χ3n) is 5.59. The molecule has 1 aromatic rings. The predicted molar refractivity (Wildman–Crippen MR) is 130 cm³/mol. The smallest absolute Gasteiger partial charge is 0.323 e. The third-order valence-corrected chi connectivity index (χ3v) is 6.75. The highest BCUT2D eigenvalue weighted by Crippen LogP contribution is 2.34. The molecular weight excluding hydrogens is 442 g/mol. The van der Waals surface area contributed by atoms with Gasteiger partial charge in [-0.05, 0) is 38.4 Å². The van der Waals surface area contributed by atoms with Gasteiger partial charge in [-0.15, -0.1) is 11.8 Å². The molecule has 9 heteroatoms. The number of para-hydroxylation sites is 1. The maximum Gasteiger partial charge on any atom is 0.323 e. The van der Waals surface area contributed by atoms with E-state index in [0.29, 0.717) is 17.9 Å². The lowest BCUT2D eigenvalue weighted by Gasteiger charge is -2.27. The number of aliphatic carboxylic acids is 1. The average molecular weight is 480 g/mol. The number of carboxylic acids is 1. The molecule has 1 aliphatic heterocycles. The number of carbonyl (C=O) groups is 3. The molecule has 0 radical (unpaired) electrons. The van der Waals surface area contributed by atoms with Crippen LogP contribution in [0.2, 0.25) is 0 Å². The number of fused-ring (bicyclic) bond motifs is 1.